The summed E-state index contributed by atoms with van der Waals surface area (Å²) in [5, 5.41) is 6.95. The maximum atomic E-state index is 6.12. The third-order valence-electron chi connectivity index (χ3n) is 11.6. The minimum absolute atomic E-state index is 0.580. The number of hydrogen-bond acceptors (Lipinski definition) is 5. The van der Waals surface area contributed by atoms with Gasteiger partial charge in [0.15, 0.2) is 17.5 Å². The van der Waals surface area contributed by atoms with E-state index in [0.29, 0.717) is 17.5 Å². The Morgan fingerprint density at radius 3 is 1.80 bits per heavy atom. The molecule has 6 nitrogen and oxygen atoms in total. The van der Waals surface area contributed by atoms with E-state index in [2.05, 4.69) is 173 Å². The Morgan fingerprint density at radius 2 is 0.967 bits per heavy atom. The number of rotatable bonds is 6. The average molecular weight is 768 g/mol. The van der Waals surface area contributed by atoms with E-state index in [4.69, 9.17) is 19.4 Å². The number of aromatic nitrogens is 5. The molecule has 0 spiro atoms. The normalized spacial score (nSPS) is 11.7. The van der Waals surface area contributed by atoms with Crippen LogP contribution < -0.4 is 0 Å². The van der Waals surface area contributed by atoms with Gasteiger partial charge in [0.05, 0.1) is 11.0 Å². The predicted octanol–water partition coefficient (Wildman–Crippen LogP) is 13.8. The summed E-state index contributed by atoms with van der Waals surface area (Å²) < 4.78 is 8.49. The van der Waals surface area contributed by atoms with Gasteiger partial charge in [-0.15, -0.1) is 0 Å². The van der Waals surface area contributed by atoms with Crippen LogP contribution in [0.25, 0.3) is 117 Å². The van der Waals surface area contributed by atoms with Crippen molar-refractivity contribution in [2.45, 2.75) is 0 Å². The topological polar surface area (TPSA) is 69.6 Å². The summed E-state index contributed by atoms with van der Waals surface area (Å²) >= 11 is 0. The van der Waals surface area contributed by atoms with Crippen LogP contribution in [0.3, 0.4) is 0 Å². The van der Waals surface area contributed by atoms with Crippen molar-refractivity contribution in [3.8, 4) is 62.1 Å². The molecule has 0 saturated heterocycles. The fourth-order valence-corrected chi connectivity index (χ4v) is 8.62. The van der Waals surface area contributed by atoms with Crippen molar-refractivity contribution in [3.05, 3.63) is 200 Å². The van der Waals surface area contributed by atoms with Crippen molar-refractivity contribution in [1.29, 1.82) is 0 Å². The first-order chi connectivity index (χ1) is 29.7. The minimum atomic E-state index is 0.580. The number of benzene rings is 8. The maximum Gasteiger partial charge on any atom is 0.164 e. The second-order valence-electron chi connectivity index (χ2n) is 15.1. The van der Waals surface area contributed by atoms with E-state index in [-0.39, 0.29) is 0 Å². The van der Waals surface area contributed by atoms with Crippen LogP contribution >= 0.6 is 0 Å². The molecule has 0 aliphatic carbocycles. The Hall–Kier alpha value is -8.22. The van der Waals surface area contributed by atoms with E-state index < -0.39 is 0 Å². The number of nitrogens with zero attached hydrogens (tertiary/aromatic N) is 5. The summed E-state index contributed by atoms with van der Waals surface area (Å²) in [7, 11) is 0. The quantitative estimate of drug-likeness (QED) is 0.168. The highest BCUT2D eigenvalue weighted by Crippen LogP contribution is 2.38. The number of furan rings is 1. The fraction of sp³-hybridized carbons (Fsp3) is 0. The second-order valence-corrected chi connectivity index (χ2v) is 15.1. The van der Waals surface area contributed by atoms with E-state index >= 15 is 0 Å². The smallest absolute Gasteiger partial charge is 0.164 e. The SMILES string of the molecule is c1ccc(-c2ccc(-c3nc(-c4cccc(-c5ccc(-n6c7ccccc7c7c8ccccc8ccc76)cc5)c4)nc(-c4ccc5oc6ccncc6c5c4)n3)cc2)cc1. The van der Waals surface area contributed by atoms with Gasteiger partial charge in [0.25, 0.3) is 0 Å². The summed E-state index contributed by atoms with van der Waals surface area (Å²) in [6.07, 6.45) is 3.58. The Balaban J connectivity index is 0.952. The standard InChI is InChI=1S/C54H33N5O/c1-2-9-34(10-3-1)35-17-19-38(20-18-35)52-56-53(58-54(57-52)41-24-28-49-45(32-41)46-33-55-30-29-50(46)60-49)40-13-8-12-39(31-40)36-21-25-42(26-22-36)59-47-16-7-6-15-44(47)51-43-14-5-4-11-37(43)23-27-48(51)59/h1-33H. The van der Waals surface area contributed by atoms with E-state index in [1.54, 1.807) is 6.20 Å². The molecule has 0 radical (unpaired) electrons. The molecule has 0 bridgehead atoms. The van der Waals surface area contributed by atoms with Gasteiger partial charge in [-0.3, -0.25) is 4.98 Å². The van der Waals surface area contributed by atoms with Gasteiger partial charge in [0, 0.05) is 56.3 Å². The predicted molar refractivity (Wildman–Crippen MR) is 244 cm³/mol. The Morgan fingerprint density at radius 1 is 0.367 bits per heavy atom. The Labute approximate surface area is 344 Å². The van der Waals surface area contributed by atoms with Crippen LogP contribution in [0, 0.1) is 0 Å². The van der Waals surface area contributed by atoms with Gasteiger partial charge < -0.3 is 8.98 Å². The molecule has 60 heavy (non-hydrogen) atoms. The molecule has 0 amide bonds. The molecule has 0 aliphatic rings. The van der Waals surface area contributed by atoms with E-state index in [9.17, 15) is 0 Å². The van der Waals surface area contributed by atoms with Gasteiger partial charge >= 0.3 is 0 Å². The summed E-state index contributed by atoms with van der Waals surface area (Å²) in [5.74, 6) is 1.77. The molecule has 0 aliphatic heterocycles. The van der Waals surface area contributed by atoms with Crippen molar-refractivity contribution in [1.82, 2.24) is 24.5 Å². The molecule has 8 aromatic carbocycles. The molecule has 6 heteroatoms. The highest BCUT2D eigenvalue weighted by atomic mass is 16.3. The van der Waals surface area contributed by atoms with E-state index in [1.165, 1.54) is 32.6 Å². The molecule has 0 unspecified atom stereocenters. The molecule has 0 N–H and O–H groups in total. The van der Waals surface area contributed by atoms with Crippen molar-refractivity contribution in [2.75, 3.05) is 0 Å². The average Bonchev–Trinajstić information content (AvgIpc) is 3.88. The lowest BCUT2D eigenvalue weighted by molar-refractivity contribution is 0.668. The third-order valence-corrected chi connectivity index (χ3v) is 11.6. The van der Waals surface area contributed by atoms with Gasteiger partial charge in [-0.1, -0.05) is 133 Å². The van der Waals surface area contributed by atoms with Gasteiger partial charge in [0.2, 0.25) is 0 Å². The highest BCUT2D eigenvalue weighted by Gasteiger charge is 2.17. The van der Waals surface area contributed by atoms with Gasteiger partial charge in [-0.25, -0.2) is 15.0 Å². The monoisotopic (exact) mass is 767 g/mol. The Kier molecular flexibility index (Phi) is 7.74. The molecule has 0 atom stereocenters. The van der Waals surface area contributed by atoms with Crippen LogP contribution in [0.1, 0.15) is 0 Å². The molecular formula is C54H33N5O. The number of fused-ring (bicyclic) bond motifs is 8. The second kappa shape index (κ2) is 13.7. The molecular weight excluding hydrogens is 735 g/mol. The lowest BCUT2D eigenvalue weighted by atomic mass is 10.0. The van der Waals surface area contributed by atoms with Crippen LogP contribution in [0.5, 0.6) is 0 Å². The molecule has 4 heterocycles. The first-order valence-corrected chi connectivity index (χ1v) is 20.0. The van der Waals surface area contributed by atoms with Gasteiger partial charge in [-0.05, 0) is 87.6 Å². The molecule has 280 valence electrons. The summed E-state index contributed by atoms with van der Waals surface area (Å²) in [6.45, 7) is 0. The number of hydrogen-bond donors (Lipinski definition) is 0. The molecule has 4 aromatic heterocycles. The van der Waals surface area contributed by atoms with Crippen LogP contribution in [-0.4, -0.2) is 24.5 Å². The summed E-state index contributed by atoms with van der Waals surface area (Å²) in [5.41, 5.74) is 12.2. The third kappa shape index (κ3) is 5.65. The van der Waals surface area contributed by atoms with Crippen LogP contribution in [0.2, 0.25) is 0 Å². The fourth-order valence-electron chi connectivity index (χ4n) is 8.62. The van der Waals surface area contributed by atoms with Crippen LogP contribution in [0.4, 0.5) is 0 Å². The molecule has 12 rings (SSSR count). The zero-order valence-corrected chi connectivity index (χ0v) is 32.2. The molecule has 0 fully saturated rings. The zero-order valence-electron chi connectivity index (χ0n) is 32.2. The van der Waals surface area contributed by atoms with Crippen LogP contribution in [-0.2, 0) is 0 Å². The highest BCUT2D eigenvalue weighted by molar-refractivity contribution is 6.21. The lowest BCUT2D eigenvalue weighted by Gasteiger charge is -2.11. The van der Waals surface area contributed by atoms with E-state index in [0.717, 1.165) is 66.6 Å². The maximum absolute atomic E-state index is 6.12. The van der Waals surface area contributed by atoms with E-state index in [1.807, 2.05) is 30.5 Å². The van der Waals surface area contributed by atoms with Crippen LogP contribution in [0.15, 0.2) is 205 Å². The summed E-state index contributed by atoms with van der Waals surface area (Å²) in [4.78, 5) is 19.7. The van der Waals surface area contributed by atoms with Gasteiger partial charge in [0.1, 0.15) is 11.2 Å². The number of pyridine rings is 1. The van der Waals surface area contributed by atoms with Crippen molar-refractivity contribution in [2.24, 2.45) is 0 Å². The van der Waals surface area contributed by atoms with Crippen molar-refractivity contribution in [3.63, 3.8) is 0 Å². The Bertz CT molecular complexity index is 3590. The molecule has 12 aromatic rings. The van der Waals surface area contributed by atoms with Crippen molar-refractivity contribution < 1.29 is 4.42 Å². The lowest BCUT2D eigenvalue weighted by Crippen LogP contribution is -2.00. The first kappa shape index (κ1) is 33.9. The largest absolute Gasteiger partial charge is 0.456 e. The number of para-hydroxylation sites is 1. The summed E-state index contributed by atoms with van der Waals surface area (Å²) in [6, 6.07) is 65.8. The minimum Gasteiger partial charge on any atom is -0.456 e. The zero-order chi connectivity index (χ0) is 39.6. The molecule has 0 saturated carbocycles. The van der Waals surface area contributed by atoms with Gasteiger partial charge in [-0.2, -0.15) is 0 Å². The first-order valence-electron chi connectivity index (χ1n) is 20.0. The van der Waals surface area contributed by atoms with Crippen molar-refractivity contribution >= 4 is 54.5 Å².